The molecule has 0 spiro atoms. The third kappa shape index (κ3) is 5.59. The van der Waals surface area contributed by atoms with Gasteiger partial charge < -0.3 is 29.2 Å². The molecule has 1 aliphatic carbocycles. The summed E-state index contributed by atoms with van der Waals surface area (Å²) in [6.07, 6.45) is 1.93. The molecule has 2 aliphatic rings. The fourth-order valence-electron chi connectivity index (χ4n) is 2.67. The predicted octanol–water partition coefficient (Wildman–Crippen LogP) is 0.368. The summed E-state index contributed by atoms with van der Waals surface area (Å²) in [5.41, 5.74) is 0.225. The molecule has 0 atom stereocenters. The van der Waals surface area contributed by atoms with E-state index in [0.717, 1.165) is 12.8 Å². The normalized spacial score (nSPS) is 16.2. The highest BCUT2D eigenvalue weighted by Gasteiger charge is 2.24. The molecule has 0 radical (unpaired) electrons. The van der Waals surface area contributed by atoms with Crippen molar-refractivity contribution in [2.75, 3.05) is 46.6 Å². The number of morpholine rings is 1. The van der Waals surface area contributed by atoms with Gasteiger partial charge in [0.15, 0.2) is 24.7 Å². The van der Waals surface area contributed by atoms with E-state index in [1.807, 2.05) is 0 Å². The van der Waals surface area contributed by atoms with E-state index in [-0.39, 0.29) is 36.6 Å². The number of benzene rings is 1. The van der Waals surface area contributed by atoms with Crippen LogP contribution in [0.4, 0.5) is 0 Å². The van der Waals surface area contributed by atoms with Crippen LogP contribution in [0.5, 0.6) is 11.5 Å². The zero-order valence-electron chi connectivity index (χ0n) is 15.8. The minimum absolute atomic E-state index is 0.137. The van der Waals surface area contributed by atoms with Crippen molar-refractivity contribution in [3.05, 3.63) is 23.8 Å². The van der Waals surface area contributed by atoms with Gasteiger partial charge >= 0.3 is 5.97 Å². The molecule has 9 nitrogen and oxygen atoms in total. The molecule has 0 bridgehead atoms. The monoisotopic (exact) mass is 392 g/mol. The number of hydrogen-bond donors (Lipinski definition) is 1. The zero-order valence-corrected chi connectivity index (χ0v) is 15.8. The fourth-order valence-corrected chi connectivity index (χ4v) is 2.67. The lowest BCUT2D eigenvalue weighted by molar-refractivity contribution is -0.137. The number of rotatable bonds is 8. The Hall–Kier alpha value is -2.81. The van der Waals surface area contributed by atoms with Crippen molar-refractivity contribution >= 4 is 17.8 Å². The van der Waals surface area contributed by atoms with E-state index < -0.39 is 5.97 Å². The summed E-state index contributed by atoms with van der Waals surface area (Å²) in [5.74, 6) is -0.459. The molecule has 28 heavy (non-hydrogen) atoms. The Labute approximate surface area is 162 Å². The summed E-state index contributed by atoms with van der Waals surface area (Å²) in [6.45, 7) is 1.65. The Morgan fingerprint density at radius 1 is 1.14 bits per heavy atom. The minimum Gasteiger partial charge on any atom is -0.493 e. The summed E-state index contributed by atoms with van der Waals surface area (Å²) in [4.78, 5) is 37.6. The van der Waals surface area contributed by atoms with Gasteiger partial charge in [0, 0.05) is 19.1 Å². The van der Waals surface area contributed by atoms with Crippen molar-refractivity contribution < 1.29 is 33.3 Å². The average molecular weight is 392 g/mol. The van der Waals surface area contributed by atoms with Crippen molar-refractivity contribution in [3.8, 4) is 11.5 Å². The first-order valence-electron chi connectivity index (χ1n) is 9.19. The standard InChI is InChI=1S/C19H24N2O7/c1-25-16-10-13(19(24)28-11-17(22)20-14-3-4-14)2-5-15(16)27-12-18(23)21-6-8-26-9-7-21/h2,5,10,14H,3-4,6-9,11-12H2,1H3,(H,20,22). The number of hydrogen-bond acceptors (Lipinski definition) is 7. The molecule has 3 rings (SSSR count). The quantitative estimate of drug-likeness (QED) is 0.638. The van der Waals surface area contributed by atoms with Gasteiger partial charge in [-0.05, 0) is 31.0 Å². The molecule has 1 aliphatic heterocycles. The first kappa shape index (κ1) is 19.9. The lowest BCUT2D eigenvalue weighted by atomic mass is 10.2. The molecule has 152 valence electrons. The second-order valence-corrected chi connectivity index (χ2v) is 6.57. The van der Waals surface area contributed by atoms with Crippen molar-refractivity contribution in [2.45, 2.75) is 18.9 Å². The highest BCUT2D eigenvalue weighted by Crippen LogP contribution is 2.28. The van der Waals surface area contributed by atoms with Gasteiger partial charge in [0.2, 0.25) is 0 Å². The van der Waals surface area contributed by atoms with Crippen LogP contribution in [0.1, 0.15) is 23.2 Å². The van der Waals surface area contributed by atoms with Crippen LogP contribution in [0.25, 0.3) is 0 Å². The number of methoxy groups -OCH3 is 1. The van der Waals surface area contributed by atoms with Crippen LogP contribution in [0, 0.1) is 0 Å². The molecule has 1 heterocycles. The summed E-state index contributed by atoms with van der Waals surface area (Å²) in [7, 11) is 1.43. The van der Waals surface area contributed by atoms with Crippen LogP contribution in [0.2, 0.25) is 0 Å². The summed E-state index contributed by atoms with van der Waals surface area (Å²) in [6, 6.07) is 4.70. The second kappa shape index (κ2) is 9.41. The molecule has 1 aromatic rings. The molecule has 2 amide bonds. The third-order valence-corrected chi connectivity index (χ3v) is 4.39. The summed E-state index contributed by atoms with van der Waals surface area (Å²) < 4.78 is 21.0. The number of esters is 1. The van der Waals surface area contributed by atoms with E-state index in [9.17, 15) is 14.4 Å². The zero-order chi connectivity index (χ0) is 19.9. The van der Waals surface area contributed by atoms with E-state index >= 15 is 0 Å². The molecule has 0 aromatic heterocycles. The molecule has 1 aromatic carbocycles. The SMILES string of the molecule is COc1cc(C(=O)OCC(=O)NC2CC2)ccc1OCC(=O)N1CCOCC1. The molecule has 0 unspecified atom stereocenters. The maximum absolute atomic E-state index is 12.2. The third-order valence-electron chi connectivity index (χ3n) is 4.39. The topological polar surface area (TPSA) is 103 Å². The van der Waals surface area contributed by atoms with Crippen molar-refractivity contribution in [1.29, 1.82) is 0 Å². The Balaban J connectivity index is 1.52. The first-order valence-corrected chi connectivity index (χ1v) is 9.19. The lowest BCUT2D eigenvalue weighted by Gasteiger charge is -2.26. The Bertz CT molecular complexity index is 727. The van der Waals surface area contributed by atoms with Crippen molar-refractivity contribution in [2.24, 2.45) is 0 Å². The minimum atomic E-state index is -0.639. The number of carbonyl (C=O) groups excluding carboxylic acids is 3. The van der Waals surface area contributed by atoms with Crippen LogP contribution in [0.3, 0.4) is 0 Å². The van der Waals surface area contributed by atoms with Crippen LogP contribution in [-0.2, 0) is 19.1 Å². The molecular formula is C19H24N2O7. The van der Waals surface area contributed by atoms with E-state index in [4.69, 9.17) is 18.9 Å². The summed E-state index contributed by atoms with van der Waals surface area (Å²) >= 11 is 0. The Morgan fingerprint density at radius 3 is 2.57 bits per heavy atom. The van der Waals surface area contributed by atoms with E-state index in [2.05, 4.69) is 5.32 Å². The van der Waals surface area contributed by atoms with Gasteiger partial charge in [0.25, 0.3) is 11.8 Å². The van der Waals surface area contributed by atoms with Gasteiger partial charge in [-0.2, -0.15) is 0 Å². The molecule has 9 heteroatoms. The van der Waals surface area contributed by atoms with Crippen LogP contribution < -0.4 is 14.8 Å². The highest BCUT2D eigenvalue weighted by molar-refractivity contribution is 5.92. The Kier molecular flexibility index (Phi) is 6.70. The largest absolute Gasteiger partial charge is 0.493 e. The molecule has 1 N–H and O–H groups in total. The number of ether oxygens (including phenoxy) is 4. The van der Waals surface area contributed by atoms with E-state index in [0.29, 0.717) is 37.8 Å². The van der Waals surface area contributed by atoms with Crippen LogP contribution >= 0.6 is 0 Å². The molecule has 2 fully saturated rings. The van der Waals surface area contributed by atoms with E-state index in [1.54, 1.807) is 4.90 Å². The van der Waals surface area contributed by atoms with Gasteiger partial charge in [0.05, 0.1) is 25.9 Å². The van der Waals surface area contributed by atoms with Crippen molar-refractivity contribution in [3.63, 3.8) is 0 Å². The van der Waals surface area contributed by atoms with Crippen LogP contribution in [-0.4, -0.2) is 75.4 Å². The van der Waals surface area contributed by atoms with Gasteiger partial charge in [0.1, 0.15) is 0 Å². The number of amides is 2. The smallest absolute Gasteiger partial charge is 0.338 e. The van der Waals surface area contributed by atoms with Gasteiger partial charge in [-0.3, -0.25) is 9.59 Å². The molecule has 1 saturated carbocycles. The lowest BCUT2D eigenvalue weighted by Crippen LogP contribution is -2.43. The van der Waals surface area contributed by atoms with Gasteiger partial charge in [-0.15, -0.1) is 0 Å². The first-order chi connectivity index (χ1) is 13.6. The Morgan fingerprint density at radius 2 is 1.89 bits per heavy atom. The summed E-state index contributed by atoms with van der Waals surface area (Å²) in [5, 5.41) is 2.74. The average Bonchev–Trinajstić information content (AvgIpc) is 3.54. The number of nitrogens with one attached hydrogen (secondary N) is 1. The van der Waals surface area contributed by atoms with E-state index in [1.165, 1.54) is 25.3 Å². The maximum Gasteiger partial charge on any atom is 0.338 e. The number of carbonyl (C=O) groups is 3. The fraction of sp³-hybridized carbons (Fsp3) is 0.526. The molecule has 1 saturated heterocycles. The van der Waals surface area contributed by atoms with Crippen molar-refractivity contribution in [1.82, 2.24) is 10.2 Å². The van der Waals surface area contributed by atoms with Gasteiger partial charge in [-0.1, -0.05) is 0 Å². The molecular weight excluding hydrogens is 368 g/mol. The second-order valence-electron chi connectivity index (χ2n) is 6.57. The predicted molar refractivity (Wildman–Crippen MR) is 97.3 cm³/mol. The highest BCUT2D eigenvalue weighted by atomic mass is 16.5. The maximum atomic E-state index is 12.2. The number of nitrogens with zero attached hydrogens (tertiary/aromatic N) is 1. The van der Waals surface area contributed by atoms with Gasteiger partial charge in [-0.25, -0.2) is 4.79 Å². The van der Waals surface area contributed by atoms with Crippen LogP contribution in [0.15, 0.2) is 18.2 Å².